The molecule has 0 radical (unpaired) electrons. The molecule has 0 aliphatic carbocycles. The third-order valence-corrected chi connectivity index (χ3v) is 2.35. The highest BCUT2D eigenvalue weighted by molar-refractivity contribution is 5.75. The van der Waals surface area contributed by atoms with E-state index in [0.29, 0.717) is 6.61 Å². The SMILES string of the molecule is CCOC(=O)CCCC(=O)Oc1ccccc1[N+](=O)[O-]. The predicted molar refractivity (Wildman–Crippen MR) is 69.2 cm³/mol. The average Bonchev–Trinajstić information content (AvgIpc) is 2.39. The first-order valence-corrected chi connectivity index (χ1v) is 6.14. The Morgan fingerprint density at radius 3 is 2.50 bits per heavy atom. The number of nitro groups is 1. The van der Waals surface area contributed by atoms with Crippen LogP contribution in [0.15, 0.2) is 24.3 Å². The second-order valence-corrected chi connectivity index (χ2v) is 3.86. The maximum Gasteiger partial charge on any atom is 0.311 e. The van der Waals surface area contributed by atoms with E-state index >= 15 is 0 Å². The van der Waals surface area contributed by atoms with Crippen molar-refractivity contribution >= 4 is 17.6 Å². The second-order valence-electron chi connectivity index (χ2n) is 3.86. The lowest BCUT2D eigenvalue weighted by atomic mass is 10.2. The summed E-state index contributed by atoms with van der Waals surface area (Å²) in [7, 11) is 0. The molecule has 0 unspecified atom stereocenters. The minimum atomic E-state index is -0.624. The van der Waals surface area contributed by atoms with Gasteiger partial charge in [0, 0.05) is 18.9 Å². The van der Waals surface area contributed by atoms with E-state index in [4.69, 9.17) is 9.47 Å². The molecular formula is C13H15NO6. The summed E-state index contributed by atoms with van der Waals surface area (Å²) >= 11 is 0. The Bertz CT molecular complexity index is 499. The van der Waals surface area contributed by atoms with Crippen LogP contribution < -0.4 is 4.74 Å². The monoisotopic (exact) mass is 281 g/mol. The smallest absolute Gasteiger partial charge is 0.311 e. The summed E-state index contributed by atoms with van der Waals surface area (Å²) in [6.45, 7) is 1.99. The van der Waals surface area contributed by atoms with Crippen molar-refractivity contribution in [3.05, 3.63) is 34.4 Å². The Morgan fingerprint density at radius 1 is 1.20 bits per heavy atom. The van der Waals surface area contributed by atoms with Gasteiger partial charge in [-0.3, -0.25) is 19.7 Å². The van der Waals surface area contributed by atoms with Gasteiger partial charge in [-0.1, -0.05) is 12.1 Å². The maximum absolute atomic E-state index is 11.5. The standard InChI is InChI=1S/C13H15NO6/c1-2-19-12(15)8-5-9-13(16)20-11-7-4-3-6-10(11)14(17)18/h3-4,6-7H,2,5,8-9H2,1H3. The molecule has 108 valence electrons. The number of esters is 2. The number of nitro benzene ring substituents is 1. The molecule has 0 saturated carbocycles. The molecule has 0 fully saturated rings. The molecule has 0 N–H and O–H groups in total. The Morgan fingerprint density at radius 2 is 1.85 bits per heavy atom. The summed E-state index contributed by atoms with van der Waals surface area (Å²) in [4.78, 5) is 32.7. The van der Waals surface area contributed by atoms with E-state index in [0.717, 1.165) is 0 Å². The fourth-order valence-electron chi connectivity index (χ4n) is 1.48. The van der Waals surface area contributed by atoms with Gasteiger partial charge in [0.25, 0.3) is 0 Å². The number of para-hydroxylation sites is 2. The number of ether oxygens (including phenoxy) is 2. The number of carbonyl (C=O) groups is 2. The van der Waals surface area contributed by atoms with Crippen molar-refractivity contribution in [3.63, 3.8) is 0 Å². The Hall–Kier alpha value is -2.44. The molecular weight excluding hydrogens is 266 g/mol. The summed E-state index contributed by atoms with van der Waals surface area (Å²) < 4.78 is 9.63. The van der Waals surface area contributed by atoms with Crippen LogP contribution in [0.1, 0.15) is 26.2 Å². The molecule has 1 rings (SSSR count). The third-order valence-electron chi connectivity index (χ3n) is 2.35. The van der Waals surface area contributed by atoms with E-state index in [9.17, 15) is 19.7 Å². The predicted octanol–water partition coefficient (Wildman–Crippen LogP) is 2.23. The minimum absolute atomic E-state index is 0.00906. The molecule has 0 aromatic heterocycles. The van der Waals surface area contributed by atoms with E-state index in [1.807, 2.05) is 0 Å². The van der Waals surface area contributed by atoms with Gasteiger partial charge < -0.3 is 9.47 Å². The van der Waals surface area contributed by atoms with E-state index in [1.165, 1.54) is 24.3 Å². The summed E-state index contributed by atoms with van der Waals surface area (Å²) in [5, 5.41) is 10.7. The van der Waals surface area contributed by atoms with Crippen LogP contribution in [-0.4, -0.2) is 23.5 Å². The zero-order valence-electron chi connectivity index (χ0n) is 11.0. The molecule has 20 heavy (non-hydrogen) atoms. The molecule has 0 heterocycles. The second kappa shape index (κ2) is 7.88. The number of hydrogen-bond donors (Lipinski definition) is 0. The van der Waals surface area contributed by atoms with Crippen molar-refractivity contribution < 1.29 is 24.0 Å². The largest absolute Gasteiger partial charge is 0.466 e. The van der Waals surface area contributed by atoms with Crippen LogP contribution in [-0.2, 0) is 14.3 Å². The van der Waals surface area contributed by atoms with Crippen molar-refractivity contribution in [2.24, 2.45) is 0 Å². The lowest BCUT2D eigenvalue weighted by Crippen LogP contribution is -2.10. The molecule has 1 aromatic rings. The van der Waals surface area contributed by atoms with Gasteiger partial charge in [0.05, 0.1) is 11.5 Å². The maximum atomic E-state index is 11.5. The Kier molecular flexibility index (Phi) is 6.15. The quantitative estimate of drug-likeness (QED) is 0.329. The number of benzene rings is 1. The van der Waals surface area contributed by atoms with Crippen LogP contribution in [0.2, 0.25) is 0 Å². The molecule has 0 aliphatic rings. The molecule has 0 atom stereocenters. The Balaban J connectivity index is 2.47. The molecule has 1 aromatic carbocycles. The number of hydrogen-bond acceptors (Lipinski definition) is 6. The first kappa shape index (κ1) is 15.6. The van der Waals surface area contributed by atoms with Crippen LogP contribution >= 0.6 is 0 Å². The highest BCUT2D eigenvalue weighted by Crippen LogP contribution is 2.26. The van der Waals surface area contributed by atoms with Gasteiger partial charge >= 0.3 is 17.6 Å². The fourth-order valence-corrected chi connectivity index (χ4v) is 1.48. The van der Waals surface area contributed by atoms with E-state index in [-0.39, 0.29) is 36.7 Å². The van der Waals surface area contributed by atoms with Crippen molar-refractivity contribution in [2.75, 3.05) is 6.61 Å². The third kappa shape index (κ3) is 5.05. The molecule has 0 bridgehead atoms. The first-order chi connectivity index (χ1) is 9.54. The molecule has 0 amide bonds. The topological polar surface area (TPSA) is 95.7 Å². The van der Waals surface area contributed by atoms with Gasteiger partial charge in [-0.2, -0.15) is 0 Å². The normalized spacial score (nSPS) is 9.85. The van der Waals surface area contributed by atoms with Gasteiger partial charge in [0.1, 0.15) is 0 Å². The lowest BCUT2D eigenvalue weighted by molar-refractivity contribution is -0.385. The zero-order chi connectivity index (χ0) is 15.0. The van der Waals surface area contributed by atoms with Crippen LogP contribution in [0.3, 0.4) is 0 Å². The zero-order valence-corrected chi connectivity index (χ0v) is 11.0. The fraction of sp³-hybridized carbons (Fsp3) is 0.385. The number of nitrogens with zero attached hydrogens (tertiary/aromatic N) is 1. The molecule has 7 heteroatoms. The summed E-state index contributed by atoms with van der Waals surface area (Å²) in [5.41, 5.74) is -0.272. The van der Waals surface area contributed by atoms with Crippen molar-refractivity contribution in [3.8, 4) is 5.75 Å². The lowest BCUT2D eigenvalue weighted by Gasteiger charge is -2.04. The van der Waals surface area contributed by atoms with Gasteiger partial charge in [-0.05, 0) is 19.4 Å². The van der Waals surface area contributed by atoms with Crippen LogP contribution in [0, 0.1) is 10.1 Å². The van der Waals surface area contributed by atoms with Gasteiger partial charge in [0.15, 0.2) is 0 Å². The highest BCUT2D eigenvalue weighted by atomic mass is 16.6. The number of rotatable bonds is 7. The van der Waals surface area contributed by atoms with Crippen LogP contribution in [0.25, 0.3) is 0 Å². The molecule has 0 spiro atoms. The van der Waals surface area contributed by atoms with Gasteiger partial charge in [-0.15, -0.1) is 0 Å². The van der Waals surface area contributed by atoms with Crippen LogP contribution in [0.5, 0.6) is 5.75 Å². The molecule has 0 saturated heterocycles. The van der Waals surface area contributed by atoms with Gasteiger partial charge in [-0.25, -0.2) is 0 Å². The summed E-state index contributed by atoms with van der Waals surface area (Å²) in [5.74, 6) is -1.10. The summed E-state index contributed by atoms with van der Waals surface area (Å²) in [6, 6.07) is 5.62. The number of carbonyl (C=O) groups excluding carboxylic acids is 2. The molecule has 7 nitrogen and oxygen atoms in total. The van der Waals surface area contributed by atoms with E-state index in [2.05, 4.69) is 0 Å². The van der Waals surface area contributed by atoms with Gasteiger partial charge in [0.2, 0.25) is 5.75 Å². The average molecular weight is 281 g/mol. The van der Waals surface area contributed by atoms with Crippen LogP contribution in [0.4, 0.5) is 5.69 Å². The highest BCUT2D eigenvalue weighted by Gasteiger charge is 2.17. The van der Waals surface area contributed by atoms with Crippen molar-refractivity contribution in [1.29, 1.82) is 0 Å². The van der Waals surface area contributed by atoms with Crippen molar-refractivity contribution in [1.82, 2.24) is 0 Å². The first-order valence-electron chi connectivity index (χ1n) is 6.14. The molecule has 0 aliphatic heterocycles. The Labute approximate surface area is 115 Å². The summed E-state index contributed by atoms with van der Waals surface area (Å²) in [6.07, 6.45) is 0.378. The van der Waals surface area contributed by atoms with E-state index < -0.39 is 10.9 Å². The van der Waals surface area contributed by atoms with Crippen molar-refractivity contribution in [2.45, 2.75) is 26.2 Å². The minimum Gasteiger partial charge on any atom is -0.466 e. The van der Waals surface area contributed by atoms with E-state index in [1.54, 1.807) is 6.92 Å².